The predicted molar refractivity (Wildman–Crippen MR) is 118 cm³/mol. The maximum absolute atomic E-state index is 11.0. The van der Waals surface area contributed by atoms with Crippen molar-refractivity contribution < 1.29 is 10.0 Å². The summed E-state index contributed by atoms with van der Waals surface area (Å²) in [5.41, 5.74) is 6.00. The van der Waals surface area contributed by atoms with E-state index in [-0.39, 0.29) is 17.0 Å². The Hall–Kier alpha value is -3.33. The third-order valence-electron chi connectivity index (χ3n) is 4.88. The number of rotatable bonds is 5. The summed E-state index contributed by atoms with van der Waals surface area (Å²) in [6, 6.07) is 11.6. The monoisotopic (exact) mass is 467 g/mol. The van der Waals surface area contributed by atoms with E-state index in [4.69, 9.17) is 4.98 Å². The summed E-state index contributed by atoms with van der Waals surface area (Å²) in [6.07, 6.45) is 5.21. The van der Waals surface area contributed by atoms with E-state index in [9.17, 15) is 15.2 Å². The zero-order valence-electron chi connectivity index (χ0n) is 15.9. The van der Waals surface area contributed by atoms with Crippen LogP contribution in [0.1, 0.15) is 29.7 Å². The molecule has 3 aromatic rings. The highest BCUT2D eigenvalue weighted by molar-refractivity contribution is 9.10. The van der Waals surface area contributed by atoms with Crippen LogP contribution in [0.2, 0.25) is 0 Å². The number of nitrogens with zero attached hydrogens (tertiary/aromatic N) is 4. The zero-order chi connectivity index (χ0) is 21.1. The number of hydrogen-bond donors (Lipinski definition) is 2. The Morgan fingerprint density at radius 2 is 1.90 bits per heavy atom. The molecule has 0 radical (unpaired) electrons. The summed E-state index contributed by atoms with van der Waals surface area (Å²) < 4.78 is 0.976. The minimum absolute atomic E-state index is 0.0913. The molecule has 30 heavy (non-hydrogen) atoms. The van der Waals surface area contributed by atoms with E-state index in [0.717, 1.165) is 47.0 Å². The van der Waals surface area contributed by atoms with Gasteiger partial charge in [-0.25, -0.2) is 9.97 Å². The molecule has 1 aliphatic rings. The number of aromatic nitrogens is 2. The summed E-state index contributed by atoms with van der Waals surface area (Å²) in [4.78, 5) is 19.9. The van der Waals surface area contributed by atoms with Gasteiger partial charge in [0.15, 0.2) is 11.6 Å². The van der Waals surface area contributed by atoms with Gasteiger partial charge in [0.25, 0.3) is 5.69 Å². The van der Waals surface area contributed by atoms with Gasteiger partial charge in [0.05, 0.1) is 11.1 Å². The lowest BCUT2D eigenvalue weighted by Crippen LogP contribution is -2.12. The molecule has 0 unspecified atom stereocenters. The lowest BCUT2D eigenvalue weighted by molar-refractivity contribution is -0.384. The zero-order valence-corrected chi connectivity index (χ0v) is 17.5. The second-order valence-corrected chi connectivity index (χ2v) is 7.82. The highest BCUT2D eigenvalue weighted by Crippen LogP contribution is 2.29. The van der Waals surface area contributed by atoms with Gasteiger partial charge in [-0.1, -0.05) is 28.1 Å². The molecule has 8 nitrogen and oxygen atoms in total. The van der Waals surface area contributed by atoms with Crippen LogP contribution in [0, 0.1) is 10.1 Å². The molecule has 0 fully saturated rings. The Morgan fingerprint density at radius 3 is 2.67 bits per heavy atom. The highest BCUT2D eigenvalue weighted by Gasteiger charge is 2.18. The molecule has 0 saturated heterocycles. The number of nitro benzene ring substituents is 1. The molecule has 0 amide bonds. The Balaban J connectivity index is 1.66. The van der Waals surface area contributed by atoms with Crippen molar-refractivity contribution in [1.82, 2.24) is 9.97 Å². The molecular formula is C21H18BrN5O3. The van der Waals surface area contributed by atoms with Gasteiger partial charge in [0.2, 0.25) is 0 Å². The molecule has 1 aromatic heterocycles. The minimum Gasteiger partial charge on any atom is -0.507 e. The van der Waals surface area contributed by atoms with E-state index in [1.54, 1.807) is 0 Å². The van der Waals surface area contributed by atoms with Gasteiger partial charge in [-0.3, -0.25) is 15.5 Å². The van der Waals surface area contributed by atoms with Crippen LogP contribution >= 0.6 is 15.9 Å². The van der Waals surface area contributed by atoms with Crippen molar-refractivity contribution in [1.29, 1.82) is 0 Å². The molecule has 0 aliphatic heterocycles. The molecule has 0 atom stereocenters. The van der Waals surface area contributed by atoms with Crippen LogP contribution in [0.15, 0.2) is 52.0 Å². The number of phenolic OH excluding ortho intramolecular Hbond substituents is 1. The van der Waals surface area contributed by atoms with Crippen molar-refractivity contribution >= 4 is 33.6 Å². The van der Waals surface area contributed by atoms with Gasteiger partial charge < -0.3 is 5.11 Å². The molecular weight excluding hydrogens is 450 g/mol. The summed E-state index contributed by atoms with van der Waals surface area (Å²) >= 11 is 3.43. The average Bonchev–Trinajstić information content (AvgIpc) is 2.75. The van der Waals surface area contributed by atoms with Crippen LogP contribution in [0.25, 0.3) is 11.4 Å². The maximum atomic E-state index is 11.0. The summed E-state index contributed by atoms with van der Waals surface area (Å²) in [5, 5.41) is 25.1. The van der Waals surface area contributed by atoms with Gasteiger partial charge in [-0.15, -0.1) is 0 Å². The van der Waals surface area contributed by atoms with Crippen molar-refractivity contribution in [2.75, 3.05) is 5.43 Å². The second kappa shape index (κ2) is 8.58. The first kappa shape index (κ1) is 20.0. The molecule has 1 aliphatic carbocycles. The van der Waals surface area contributed by atoms with Gasteiger partial charge in [-0.2, -0.15) is 5.10 Å². The van der Waals surface area contributed by atoms with E-state index in [1.165, 1.54) is 24.4 Å². The fourth-order valence-electron chi connectivity index (χ4n) is 3.34. The van der Waals surface area contributed by atoms with Crippen molar-refractivity contribution in [3.8, 4) is 17.1 Å². The van der Waals surface area contributed by atoms with Crippen LogP contribution in [0.4, 0.5) is 11.5 Å². The van der Waals surface area contributed by atoms with E-state index < -0.39 is 4.92 Å². The number of benzene rings is 2. The number of aromatic hydroxyl groups is 1. The minimum atomic E-state index is -0.518. The summed E-state index contributed by atoms with van der Waals surface area (Å²) in [7, 11) is 0. The number of non-ortho nitro benzene ring substituents is 1. The first-order valence-corrected chi connectivity index (χ1v) is 10.2. The smallest absolute Gasteiger partial charge is 0.270 e. The predicted octanol–water partition coefficient (Wildman–Crippen LogP) is 4.84. The summed E-state index contributed by atoms with van der Waals surface area (Å²) in [5.74, 6) is 1.13. The molecule has 0 spiro atoms. The van der Waals surface area contributed by atoms with Crippen LogP contribution < -0.4 is 5.43 Å². The first-order chi connectivity index (χ1) is 14.5. The van der Waals surface area contributed by atoms with E-state index in [0.29, 0.717) is 11.6 Å². The number of nitrogens with one attached hydrogen (secondary N) is 1. The van der Waals surface area contributed by atoms with Gasteiger partial charge >= 0.3 is 0 Å². The van der Waals surface area contributed by atoms with Crippen molar-refractivity contribution in [3.63, 3.8) is 0 Å². The van der Waals surface area contributed by atoms with Gasteiger partial charge in [-0.05, 0) is 43.9 Å². The quantitative estimate of drug-likeness (QED) is 0.315. The SMILES string of the molecule is O=[N+]([O-])c1ccc(O)c(C=NNc2nc(-c3ccc(Br)cc3)nc3c2CCCC3)c1. The first-order valence-electron chi connectivity index (χ1n) is 9.43. The second-order valence-electron chi connectivity index (χ2n) is 6.91. The largest absolute Gasteiger partial charge is 0.507 e. The Labute approximate surface area is 181 Å². The number of hydrazone groups is 1. The maximum Gasteiger partial charge on any atom is 0.270 e. The van der Waals surface area contributed by atoms with E-state index in [1.807, 2.05) is 24.3 Å². The average molecular weight is 468 g/mol. The number of anilines is 1. The molecule has 2 aromatic carbocycles. The number of nitro groups is 1. The molecule has 0 saturated carbocycles. The molecule has 2 N–H and O–H groups in total. The number of phenols is 1. The fourth-order valence-corrected chi connectivity index (χ4v) is 3.60. The van der Waals surface area contributed by atoms with Crippen LogP contribution in [0.5, 0.6) is 5.75 Å². The molecule has 152 valence electrons. The lowest BCUT2D eigenvalue weighted by atomic mass is 9.96. The van der Waals surface area contributed by atoms with E-state index >= 15 is 0 Å². The van der Waals surface area contributed by atoms with Crippen LogP contribution in [-0.2, 0) is 12.8 Å². The van der Waals surface area contributed by atoms with Crippen molar-refractivity contribution in [2.24, 2.45) is 5.10 Å². The molecule has 9 heteroatoms. The van der Waals surface area contributed by atoms with Gasteiger partial charge in [0, 0.05) is 39.0 Å². The topological polar surface area (TPSA) is 114 Å². The third kappa shape index (κ3) is 4.30. The van der Waals surface area contributed by atoms with Crippen molar-refractivity contribution in [3.05, 3.63) is 73.9 Å². The molecule has 1 heterocycles. The Morgan fingerprint density at radius 1 is 1.13 bits per heavy atom. The number of aryl methyl sites for hydroxylation is 1. The fraction of sp³-hybridized carbons (Fsp3) is 0.190. The molecule has 4 rings (SSSR count). The van der Waals surface area contributed by atoms with Gasteiger partial charge in [0.1, 0.15) is 5.75 Å². The number of hydrogen-bond acceptors (Lipinski definition) is 7. The van der Waals surface area contributed by atoms with E-state index in [2.05, 4.69) is 31.4 Å². The standard InChI is InChI=1S/C21H18BrN5O3/c22-15-7-5-13(6-8-15)20-24-18-4-2-1-3-17(18)21(25-20)26-23-12-14-11-16(27(29)30)9-10-19(14)28/h5-12,28H,1-4H2,(H,24,25,26). The van der Waals surface area contributed by atoms with Crippen LogP contribution in [0.3, 0.4) is 0 Å². The normalized spacial score (nSPS) is 13.2. The third-order valence-corrected chi connectivity index (χ3v) is 5.41. The number of halogens is 1. The highest BCUT2D eigenvalue weighted by atomic mass is 79.9. The Bertz CT molecular complexity index is 1130. The Kier molecular flexibility index (Phi) is 5.71. The number of fused-ring (bicyclic) bond motifs is 1. The molecule has 0 bridgehead atoms. The van der Waals surface area contributed by atoms with Crippen LogP contribution in [-0.4, -0.2) is 26.2 Å². The van der Waals surface area contributed by atoms with Crippen molar-refractivity contribution in [2.45, 2.75) is 25.7 Å². The lowest BCUT2D eigenvalue weighted by Gasteiger charge is -2.18. The summed E-state index contributed by atoms with van der Waals surface area (Å²) in [6.45, 7) is 0.